The first kappa shape index (κ1) is 16.2. The van der Waals surface area contributed by atoms with Crippen LogP contribution in [-0.4, -0.2) is 16.0 Å². The molecule has 0 saturated carbocycles. The van der Waals surface area contributed by atoms with Crippen molar-refractivity contribution in [3.05, 3.63) is 57.1 Å². The molecule has 0 amide bonds. The number of halogens is 2. The molecule has 1 aromatic carbocycles. The normalized spacial score (nSPS) is 12.4. The zero-order valence-corrected chi connectivity index (χ0v) is 13.7. The van der Waals surface area contributed by atoms with Gasteiger partial charge in [0.2, 0.25) is 0 Å². The van der Waals surface area contributed by atoms with Crippen LogP contribution < -0.4 is 5.73 Å². The highest BCUT2D eigenvalue weighted by molar-refractivity contribution is 6.42. The topological polar surface area (TPSA) is 51.8 Å². The van der Waals surface area contributed by atoms with Gasteiger partial charge in [-0.05, 0) is 37.1 Å². The molecule has 1 aromatic heterocycles. The summed E-state index contributed by atoms with van der Waals surface area (Å²) < 4.78 is 0. The fraction of sp³-hybridized carbons (Fsp3) is 0.375. The zero-order valence-electron chi connectivity index (χ0n) is 12.2. The number of aromatic nitrogens is 2. The molecule has 112 valence electrons. The van der Waals surface area contributed by atoms with Gasteiger partial charge in [0.25, 0.3) is 0 Å². The van der Waals surface area contributed by atoms with E-state index >= 15 is 0 Å². The SMILES string of the molecule is CCC(N)Cc1cc(C)nc(Cc2ccc(Cl)c(Cl)c2)n1. The highest BCUT2D eigenvalue weighted by atomic mass is 35.5. The summed E-state index contributed by atoms with van der Waals surface area (Å²) in [5, 5.41) is 1.11. The molecule has 0 spiro atoms. The van der Waals surface area contributed by atoms with E-state index in [-0.39, 0.29) is 6.04 Å². The maximum absolute atomic E-state index is 6.04. The third kappa shape index (κ3) is 4.67. The predicted molar refractivity (Wildman–Crippen MR) is 88.0 cm³/mol. The summed E-state index contributed by atoms with van der Waals surface area (Å²) in [4.78, 5) is 9.09. The van der Waals surface area contributed by atoms with Crippen molar-refractivity contribution < 1.29 is 0 Å². The molecule has 1 heterocycles. The molecule has 2 aromatic rings. The number of nitrogens with zero attached hydrogens (tertiary/aromatic N) is 2. The van der Waals surface area contributed by atoms with Crippen molar-refractivity contribution in [2.45, 2.75) is 39.2 Å². The maximum atomic E-state index is 6.04. The molecule has 0 saturated heterocycles. The van der Waals surface area contributed by atoms with Crippen molar-refractivity contribution in [3.63, 3.8) is 0 Å². The van der Waals surface area contributed by atoms with E-state index in [4.69, 9.17) is 28.9 Å². The molecule has 1 atom stereocenters. The van der Waals surface area contributed by atoms with Gasteiger partial charge in [0, 0.05) is 30.3 Å². The third-order valence-corrected chi connectivity index (χ3v) is 4.03. The van der Waals surface area contributed by atoms with Gasteiger partial charge >= 0.3 is 0 Å². The van der Waals surface area contributed by atoms with Crippen LogP contribution in [0.2, 0.25) is 10.0 Å². The summed E-state index contributed by atoms with van der Waals surface area (Å²) >= 11 is 12.0. The van der Waals surface area contributed by atoms with Gasteiger partial charge in [0.05, 0.1) is 10.0 Å². The van der Waals surface area contributed by atoms with E-state index < -0.39 is 0 Å². The average Bonchev–Trinajstić information content (AvgIpc) is 2.42. The lowest BCUT2D eigenvalue weighted by molar-refractivity contribution is 0.632. The van der Waals surface area contributed by atoms with E-state index in [2.05, 4.69) is 16.9 Å². The number of nitrogens with two attached hydrogens (primary N) is 1. The first-order chi connectivity index (χ1) is 9.97. The van der Waals surface area contributed by atoms with E-state index in [0.717, 1.165) is 35.6 Å². The van der Waals surface area contributed by atoms with Gasteiger partial charge < -0.3 is 5.73 Å². The van der Waals surface area contributed by atoms with Crippen LogP contribution in [0.15, 0.2) is 24.3 Å². The van der Waals surface area contributed by atoms with E-state index in [1.165, 1.54) is 0 Å². The highest BCUT2D eigenvalue weighted by Gasteiger charge is 2.08. The monoisotopic (exact) mass is 323 g/mol. The molecule has 5 heteroatoms. The molecule has 0 radical (unpaired) electrons. The molecule has 1 unspecified atom stereocenters. The van der Waals surface area contributed by atoms with Crippen molar-refractivity contribution in [3.8, 4) is 0 Å². The summed E-state index contributed by atoms with van der Waals surface area (Å²) in [7, 11) is 0. The Kier molecular flexibility index (Phi) is 5.57. The Morgan fingerprint density at radius 2 is 1.90 bits per heavy atom. The number of hydrogen-bond donors (Lipinski definition) is 1. The Bertz CT molecular complexity index is 629. The summed E-state index contributed by atoms with van der Waals surface area (Å²) in [5.74, 6) is 0.784. The molecule has 3 nitrogen and oxygen atoms in total. The number of benzene rings is 1. The van der Waals surface area contributed by atoms with Gasteiger partial charge in [0.1, 0.15) is 5.82 Å². The first-order valence-corrected chi connectivity index (χ1v) is 7.76. The molecule has 0 aliphatic heterocycles. The first-order valence-electron chi connectivity index (χ1n) is 7.01. The van der Waals surface area contributed by atoms with Gasteiger partial charge in [-0.15, -0.1) is 0 Å². The summed E-state index contributed by atoms with van der Waals surface area (Å²) in [5.41, 5.74) is 8.99. The third-order valence-electron chi connectivity index (χ3n) is 3.30. The quantitative estimate of drug-likeness (QED) is 0.905. The molecule has 0 bridgehead atoms. The van der Waals surface area contributed by atoms with Crippen molar-refractivity contribution in [1.82, 2.24) is 9.97 Å². The molecule has 0 aliphatic rings. The lowest BCUT2D eigenvalue weighted by atomic mass is 10.1. The van der Waals surface area contributed by atoms with Gasteiger partial charge in [-0.2, -0.15) is 0 Å². The second-order valence-corrected chi connectivity index (χ2v) is 6.03. The predicted octanol–water partition coefficient (Wildman–Crippen LogP) is 3.96. The van der Waals surface area contributed by atoms with Gasteiger partial charge in [-0.25, -0.2) is 9.97 Å². The maximum Gasteiger partial charge on any atom is 0.133 e. The zero-order chi connectivity index (χ0) is 15.4. The van der Waals surface area contributed by atoms with E-state index in [1.807, 2.05) is 25.1 Å². The molecule has 0 fully saturated rings. The molecule has 0 aliphatic carbocycles. The van der Waals surface area contributed by atoms with Crippen molar-refractivity contribution in [2.75, 3.05) is 0 Å². The van der Waals surface area contributed by atoms with Crippen LogP contribution in [0.1, 0.15) is 36.1 Å². The molecule has 2 N–H and O–H groups in total. The van der Waals surface area contributed by atoms with Crippen LogP contribution in [-0.2, 0) is 12.8 Å². The van der Waals surface area contributed by atoms with Crippen LogP contribution in [0.3, 0.4) is 0 Å². The lowest BCUT2D eigenvalue weighted by Gasteiger charge is -2.10. The summed E-state index contributed by atoms with van der Waals surface area (Å²) in [6, 6.07) is 7.72. The number of rotatable bonds is 5. The fourth-order valence-electron chi connectivity index (χ4n) is 2.13. The number of hydrogen-bond acceptors (Lipinski definition) is 3. The van der Waals surface area contributed by atoms with Gasteiger partial charge in [-0.1, -0.05) is 36.2 Å². The Morgan fingerprint density at radius 3 is 2.57 bits per heavy atom. The van der Waals surface area contributed by atoms with Crippen LogP contribution >= 0.6 is 23.2 Å². The van der Waals surface area contributed by atoms with E-state index in [1.54, 1.807) is 6.07 Å². The van der Waals surface area contributed by atoms with E-state index in [9.17, 15) is 0 Å². The molecular weight excluding hydrogens is 305 g/mol. The largest absolute Gasteiger partial charge is 0.327 e. The van der Waals surface area contributed by atoms with E-state index in [0.29, 0.717) is 16.5 Å². The minimum Gasteiger partial charge on any atom is -0.327 e. The smallest absolute Gasteiger partial charge is 0.133 e. The van der Waals surface area contributed by atoms with Crippen LogP contribution in [0.4, 0.5) is 0 Å². The standard InChI is InChI=1S/C16H19Cl2N3/c1-3-12(19)9-13-6-10(2)20-16(21-13)8-11-4-5-14(17)15(18)7-11/h4-7,12H,3,8-9,19H2,1-2H3. The lowest BCUT2D eigenvalue weighted by Crippen LogP contribution is -2.22. The minimum absolute atomic E-state index is 0.136. The Hall–Kier alpha value is -1.16. The van der Waals surface area contributed by atoms with Gasteiger partial charge in [0.15, 0.2) is 0 Å². The van der Waals surface area contributed by atoms with Gasteiger partial charge in [-0.3, -0.25) is 0 Å². The Balaban J connectivity index is 2.21. The molecule has 21 heavy (non-hydrogen) atoms. The van der Waals surface area contributed by atoms with Crippen LogP contribution in [0.25, 0.3) is 0 Å². The minimum atomic E-state index is 0.136. The molecule has 2 rings (SSSR count). The summed E-state index contributed by atoms with van der Waals surface area (Å²) in [6.07, 6.45) is 2.34. The Morgan fingerprint density at radius 1 is 1.14 bits per heavy atom. The molecular formula is C16H19Cl2N3. The fourth-order valence-corrected chi connectivity index (χ4v) is 2.45. The van der Waals surface area contributed by atoms with Crippen LogP contribution in [0.5, 0.6) is 0 Å². The van der Waals surface area contributed by atoms with Crippen LogP contribution in [0, 0.1) is 6.92 Å². The Labute approximate surface area is 135 Å². The highest BCUT2D eigenvalue weighted by Crippen LogP contribution is 2.23. The summed E-state index contributed by atoms with van der Waals surface area (Å²) in [6.45, 7) is 4.05. The number of aryl methyl sites for hydroxylation is 1. The second kappa shape index (κ2) is 7.21. The average molecular weight is 324 g/mol. The second-order valence-electron chi connectivity index (χ2n) is 5.21. The van der Waals surface area contributed by atoms with Crippen molar-refractivity contribution >= 4 is 23.2 Å². The van der Waals surface area contributed by atoms with Crippen molar-refractivity contribution in [2.24, 2.45) is 5.73 Å². The van der Waals surface area contributed by atoms with Crippen molar-refractivity contribution in [1.29, 1.82) is 0 Å².